The third-order valence-corrected chi connectivity index (χ3v) is 2.01. The van der Waals surface area contributed by atoms with Gasteiger partial charge in [0.25, 0.3) is 0 Å². The van der Waals surface area contributed by atoms with Gasteiger partial charge in [-0.3, -0.25) is 4.98 Å². The van der Waals surface area contributed by atoms with Crippen LogP contribution in [0.15, 0.2) is 24.5 Å². The van der Waals surface area contributed by atoms with Gasteiger partial charge in [0.15, 0.2) is 0 Å². The van der Waals surface area contributed by atoms with Gasteiger partial charge < -0.3 is 10.0 Å². The zero-order chi connectivity index (χ0) is 9.84. The number of likely N-dealkylation sites (N-methyl/N-ethyl adjacent to an activating group) is 1. The molecule has 13 heavy (non-hydrogen) atoms. The van der Waals surface area contributed by atoms with Crippen molar-refractivity contribution in [3.63, 3.8) is 0 Å². The van der Waals surface area contributed by atoms with Crippen molar-refractivity contribution in [1.29, 1.82) is 0 Å². The molecule has 1 unspecified atom stereocenters. The van der Waals surface area contributed by atoms with E-state index in [1.165, 1.54) is 0 Å². The average molecular weight is 180 g/mol. The number of carboxylic acids is 1. The summed E-state index contributed by atoms with van der Waals surface area (Å²) in [4.78, 5) is 16.2. The quantitative estimate of drug-likeness (QED) is 0.753. The van der Waals surface area contributed by atoms with E-state index in [4.69, 9.17) is 5.11 Å². The van der Waals surface area contributed by atoms with Crippen molar-refractivity contribution in [2.24, 2.45) is 0 Å². The maximum absolute atomic E-state index is 10.7. The van der Waals surface area contributed by atoms with E-state index in [0.29, 0.717) is 0 Å². The number of carboxylic acid groups (broad SMARTS) is 1. The Bertz CT molecular complexity index is 287. The summed E-state index contributed by atoms with van der Waals surface area (Å²) >= 11 is 0. The molecule has 4 nitrogen and oxygen atoms in total. The van der Waals surface area contributed by atoms with Gasteiger partial charge in [0.2, 0.25) is 0 Å². The number of hydrogen-bond donors (Lipinski definition) is 1. The first-order chi connectivity index (χ1) is 6.13. The Hall–Kier alpha value is -1.58. The summed E-state index contributed by atoms with van der Waals surface area (Å²) in [6.45, 7) is 1.64. The molecule has 0 aliphatic heterocycles. The second kappa shape index (κ2) is 3.89. The van der Waals surface area contributed by atoms with Gasteiger partial charge >= 0.3 is 5.97 Å². The molecule has 1 N–H and O–H groups in total. The summed E-state index contributed by atoms with van der Waals surface area (Å²) in [6, 6.07) is 3.03. The number of nitrogens with zero attached hydrogens (tertiary/aromatic N) is 2. The summed E-state index contributed by atoms with van der Waals surface area (Å²) in [5.74, 6) is -0.834. The molecular weight excluding hydrogens is 168 g/mol. The number of rotatable bonds is 3. The van der Waals surface area contributed by atoms with E-state index < -0.39 is 12.0 Å². The Morgan fingerprint density at radius 1 is 1.54 bits per heavy atom. The maximum Gasteiger partial charge on any atom is 0.326 e. The second-order valence-electron chi connectivity index (χ2n) is 2.83. The van der Waals surface area contributed by atoms with Crippen LogP contribution in [0.3, 0.4) is 0 Å². The van der Waals surface area contributed by atoms with Gasteiger partial charge in [-0.15, -0.1) is 0 Å². The molecule has 0 amide bonds. The second-order valence-corrected chi connectivity index (χ2v) is 2.83. The van der Waals surface area contributed by atoms with Crippen LogP contribution in [-0.2, 0) is 4.79 Å². The monoisotopic (exact) mass is 180 g/mol. The fourth-order valence-electron chi connectivity index (χ4n) is 0.968. The van der Waals surface area contributed by atoms with Crippen LogP contribution < -0.4 is 4.90 Å². The van der Waals surface area contributed by atoms with Gasteiger partial charge in [-0.25, -0.2) is 4.79 Å². The SMILES string of the molecule is CC(C(=O)O)N(C)c1ccncc1. The molecule has 4 heteroatoms. The van der Waals surface area contributed by atoms with E-state index in [1.807, 2.05) is 0 Å². The summed E-state index contributed by atoms with van der Waals surface area (Å²) in [5.41, 5.74) is 0.852. The largest absolute Gasteiger partial charge is 0.480 e. The van der Waals surface area contributed by atoms with E-state index in [9.17, 15) is 4.79 Å². The van der Waals surface area contributed by atoms with E-state index in [2.05, 4.69) is 4.98 Å². The predicted octanol–water partition coefficient (Wildman–Crippen LogP) is 0.991. The van der Waals surface area contributed by atoms with Crippen LogP contribution in [0.2, 0.25) is 0 Å². The first kappa shape index (κ1) is 9.51. The van der Waals surface area contributed by atoms with Gasteiger partial charge in [-0.2, -0.15) is 0 Å². The lowest BCUT2D eigenvalue weighted by Gasteiger charge is -2.23. The Balaban J connectivity index is 2.79. The van der Waals surface area contributed by atoms with Crippen molar-refractivity contribution in [2.45, 2.75) is 13.0 Å². The Labute approximate surface area is 76.8 Å². The molecule has 0 aromatic carbocycles. The molecule has 1 heterocycles. The van der Waals surface area contributed by atoms with Crippen molar-refractivity contribution >= 4 is 11.7 Å². The maximum atomic E-state index is 10.7. The predicted molar refractivity (Wildman–Crippen MR) is 49.7 cm³/mol. The fourth-order valence-corrected chi connectivity index (χ4v) is 0.968. The highest BCUT2D eigenvalue weighted by Crippen LogP contribution is 2.12. The van der Waals surface area contributed by atoms with Crippen LogP contribution >= 0.6 is 0 Å². The summed E-state index contributed by atoms with van der Waals surface area (Å²) in [6.07, 6.45) is 3.28. The van der Waals surface area contributed by atoms with Crippen molar-refractivity contribution in [3.8, 4) is 0 Å². The van der Waals surface area contributed by atoms with Crippen LogP contribution in [-0.4, -0.2) is 29.1 Å². The summed E-state index contributed by atoms with van der Waals surface area (Å²) < 4.78 is 0. The first-order valence-electron chi connectivity index (χ1n) is 3.98. The lowest BCUT2D eigenvalue weighted by molar-refractivity contribution is -0.138. The number of carbonyl (C=O) groups is 1. The molecule has 1 rings (SSSR count). The number of hydrogen-bond acceptors (Lipinski definition) is 3. The molecule has 0 radical (unpaired) electrons. The fraction of sp³-hybridized carbons (Fsp3) is 0.333. The summed E-state index contributed by atoms with van der Waals surface area (Å²) in [7, 11) is 1.74. The van der Waals surface area contributed by atoms with E-state index in [0.717, 1.165) is 5.69 Å². The molecule has 1 aromatic rings. The molecule has 0 bridgehead atoms. The average Bonchev–Trinajstić information content (AvgIpc) is 2.17. The van der Waals surface area contributed by atoms with Crippen LogP contribution in [0.25, 0.3) is 0 Å². The topological polar surface area (TPSA) is 53.4 Å². The lowest BCUT2D eigenvalue weighted by atomic mass is 10.2. The lowest BCUT2D eigenvalue weighted by Crippen LogP contribution is -2.35. The van der Waals surface area contributed by atoms with Crippen LogP contribution in [0, 0.1) is 0 Å². The normalized spacial score (nSPS) is 12.2. The smallest absolute Gasteiger partial charge is 0.326 e. The van der Waals surface area contributed by atoms with Crippen LogP contribution in [0.1, 0.15) is 6.92 Å². The third-order valence-electron chi connectivity index (χ3n) is 2.01. The van der Waals surface area contributed by atoms with Gasteiger partial charge in [-0.05, 0) is 19.1 Å². The first-order valence-corrected chi connectivity index (χ1v) is 3.98. The van der Waals surface area contributed by atoms with Crippen LogP contribution in [0.5, 0.6) is 0 Å². The minimum atomic E-state index is -0.834. The highest BCUT2D eigenvalue weighted by Gasteiger charge is 2.16. The van der Waals surface area contributed by atoms with Crippen LogP contribution in [0.4, 0.5) is 5.69 Å². The zero-order valence-corrected chi connectivity index (χ0v) is 7.64. The molecule has 0 aliphatic carbocycles. The molecule has 0 saturated heterocycles. The van der Waals surface area contributed by atoms with Gasteiger partial charge in [0.1, 0.15) is 6.04 Å². The number of aliphatic carboxylic acids is 1. The van der Waals surface area contributed by atoms with Crippen molar-refractivity contribution in [3.05, 3.63) is 24.5 Å². The molecule has 70 valence electrons. The molecule has 0 saturated carbocycles. The van der Waals surface area contributed by atoms with Gasteiger partial charge in [0.05, 0.1) is 0 Å². The van der Waals surface area contributed by atoms with E-state index in [1.54, 1.807) is 43.4 Å². The zero-order valence-electron chi connectivity index (χ0n) is 7.64. The minimum Gasteiger partial charge on any atom is -0.480 e. The van der Waals surface area contributed by atoms with E-state index in [-0.39, 0.29) is 0 Å². The highest BCUT2D eigenvalue weighted by atomic mass is 16.4. The standard InChI is InChI=1S/C9H12N2O2/c1-7(9(12)13)11(2)8-3-5-10-6-4-8/h3-7H,1-2H3,(H,12,13). The number of aromatic nitrogens is 1. The number of anilines is 1. The van der Waals surface area contributed by atoms with Gasteiger partial charge in [-0.1, -0.05) is 0 Å². The molecule has 0 spiro atoms. The Kier molecular flexibility index (Phi) is 2.84. The van der Waals surface area contributed by atoms with Crippen molar-refractivity contribution in [2.75, 3.05) is 11.9 Å². The number of pyridine rings is 1. The van der Waals surface area contributed by atoms with Crippen molar-refractivity contribution in [1.82, 2.24) is 4.98 Å². The third kappa shape index (κ3) is 2.18. The molecule has 1 atom stereocenters. The Morgan fingerprint density at radius 2 is 2.08 bits per heavy atom. The Morgan fingerprint density at radius 3 is 2.54 bits per heavy atom. The molecule has 0 aliphatic rings. The molecule has 1 aromatic heterocycles. The highest BCUT2D eigenvalue weighted by molar-refractivity contribution is 5.77. The van der Waals surface area contributed by atoms with E-state index >= 15 is 0 Å². The van der Waals surface area contributed by atoms with Crippen molar-refractivity contribution < 1.29 is 9.90 Å². The minimum absolute atomic E-state index is 0.526. The summed E-state index contributed by atoms with van der Waals surface area (Å²) in [5, 5.41) is 8.76. The molecular formula is C9H12N2O2. The van der Waals surface area contributed by atoms with Gasteiger partial charge in [0, 0.05) is 25.1 Å². The molecule has 0 fully saturated rings.